The van der Waals surface area contributed by atoms with Gasteiger partial charge in [0.15, 0.2) is 6.29 Å². The minimum absolute atomic E-state index is 0.0105. The molecule has 0 aliphatic heterocycles. The molecule has 1 rings (SSSR count). The molecular formula is C9H5F3N2O. The van der Waals surface area contributed by atoms with E-state index in [0.717, 1.165) is 12.3 Å². The van der Waals surface area contributed by atoms with E-state index in [0.29, 0.717) is 0 Å². The van der Waals surface area contributed by atoms with Crippen molar-refractivity contribution in [2.24, 2.45) is 0 Å². The molecule has 0 aliphatic carbocycles. The van der Waals surface area contributed by atoms with Crippen molar-refractivity contribution in [2.45, 2.75) is 6.18 Å². The van der Waals surface area contributed by atoms with Crippen molar-refractivity contribution < 1.29 is 18.0 Å². The molecule has 0 spiro atoms. The minimum atomic E-state index is -4.57. The summed E-state index contributed by atoms with van der Waals surface area (Å²) in [6.45, 7) is 0. The number of aldehydes is 1. The Kier molecular flexibility index (Phi) is 2.95. The van der Waals surface area contributed by atoms with Crippen LogP contribution in [0.15, 0.2) is 12.3 Å². The molecule has 0 bridgehead atoms. The highest BCUT2D eigenvalue weighted by Gasteiger charge is 2.33. The Morgan fingerprint density at radius 1 is 1.47 bits per heavy atom. The zero-order valence-electron chi connectivity index (χ0n) is 7.30. The number of carbonyl (C=O) groups is 1. The van der Waals surface area contributed by atoms with E-state index >= 15 is 0 Å². The number of carbonyl (C=O) groups excluding carboxylic acids is 1. The average molecular weight is 214 g/mol. The number of nitrogen functional groups attached to an aromatic ring is 1. The SMILES string of the molecule is Nc1ncc(C#CC=O)cc1C(F)(F)F. The molecule has 0 aromatic carbocycles. The van der Waals surface area contributed by atoms with Gasteiger partial charge >= 0.3 is 6.18 Å². The summed E-state index contributed by atoms with van der Waals surface area (Å²) < 4.78 is 36.9. The first kappa shape index (κ1) is 11.0. The smallest absolute Gasteiger partial charge is 0.383 e. The van der Waals surface area contributed by atoms with Crippen LogP contribution in [-0.4, -0.2) is 11.3 Å². The predicted molar refractivity (Wildman–Crippen MR) is 46.6 cm³/mol. The standard InChI is InChI=1S/C9H5F3N2O/c10-9(11,12)7-4-6(2-1-3-15)5-14-8(7)13/h3-5H,(H2,13,14). The van der Waals surface area contributed by atoms with Crippen LogP contribution in [0.4, 0.5) is 19.0 Å². The highest BCUT2D eigenvalue weighted by Crippen LogP contribution is 2.32. The van der Waals surface area contributed by atoms with E-state index < -0.39 is 17.6 Å². The third kappa shape index (κ3) is 2.71. The summed E-state index contributed by atoms with van der Waals surface area (Å²) in [5, 5.41) is 0. The van der Waals surface area contributed by atoms with E-state index in [4.69, 9.17) is 5.73 Å². The van der Waals surface area contributed by atoms with Gasteiger partial charge in [-0.05, 0) is 12.0 Å². The highest BCUT2D eigenvalue weighted by molar-refractivity contribution is 5.74. The molecule has 0 saturated carbocycles. The van der Waals surface area contributed by atoms with Crippen molar-refractivity contribution >= 4 is 12.1 Å². The van der Waals surface area contributed by atoms with Gasteiger partial charge in [0.1, 0.15) is 5.82 Å². The number of nitrogens with zero attached hydrogens (tertiary/aromatic N) is 1. The van der Waals surface area contributed by atoms with Gasteiger partial charge in [0.2, 0.25) is 0 Å². The van der Waals surface area contributed by atoms with Crippen LogP contribution < -0.4 is 5.73 Å². The zero-order chi connectivity index (χ0) is 11.5. The molecule has 6 heteroatoms. The summed E-state index contributed by atoms with van der Waals surface area (Å²) >= 11 is 0. The zero-order valence-corrected chi connectivity index (χ0v) is 7.30. The van der Waals surface area contributed by atoms with Gasteiger partial charge in [0, 0.05) is 11.8 Å². The first-order chi connectivity index (χ1) is 6.95. The van der Waals surface area contributed by atoms with Crippen molar-refractivity contribution in [1.82, 2.24) is 4.98 Å². The van der Waals surface area contributed by atoms with Crippen molar-refractivity contribution in [1.29, 1.82) is 0 Å². The molecule has 1 heterocycles. The summed E-state index contributed by atoms with van der Waals surface area (Å²) in [4.78, 5) is 13.2. The number of hydrogen-bond donors (Lipinski definition) is 1. The average Bonchev–Trinajstić information content (AvgIpc) is 2.15. The molecule has 3 nitrogen and oxygen atoms in total. The fraction of sp³-hybridized carbons (Fsp3) is 0.111. The molecular weight excluding hydrogens is 209 g/mol. The monoisotopic (exact) mass is 214 g/mol. The lowest BCUT2D eigenvalue weighted by Gasteiger charge is -2.08. The number of anilines is 1. The summed E-state index contributed by atoms with van der Waals surface area (Å²) in [5.74, 6) is 3.57. The lowest BCUT2D eigenvalue weighted by molar-refractivity contribution is -0.137. The molecule has 1 aromatic rings. The molecule has 0 aliphatic rings. The Labute approximate surface area is 83.1 Å². The Morgan fingerprint density at radius 3 is 2.67 bits per heavy atom. The van der Waals surface area contributed by atoms with Crippen molar-refractivity contribution in [2.75, 3.05) is 5.73 Å². The summed E-state index contributed by atoms with van der Waals surface area (Å²) in [7, 11) is 0. The number of nitrogens with two attached hydrogens (primary N) is 1. The maximum absolute atomic E-state index is 12.3. The predicted octanol–water partition coefficient (Wildman–Crippen LogP) is 1.23. The van der Waals surface area contributed by atoms with Crippen LogP contribution in [0.5, 0.6) is 0 Å². The van der Waals surface area contributed by atoms with Crippen molar-refractivity contribution in [3.8, 4) is 11.8 Å². The van der Waals surface area contributed by atoms with Gasteiger partial charge in [-0.2, -0.15) is 13.2 Å². The van der Waals surface area contributed by atoms with Crippen LogP contribution in [0.1, 0.15) is 11.1 Å². The van der Waals surface area contributed by atoms with Crippen LogP contribution in [0, 0.1) is 11.8 Å². The third-order valence-electron chi connectivity index (χ3n) is 1.50. The molecule has 0 unspecified atom stereocenters. The second kappa shape index (κ2) is 4.00. The summed E-state index contributed by atoms with van der Waals surface area (Å²) in [6, 6.07) is 0.749. The van der Waals surface area contributed by atoms with Crippen molar-refractivity contribution in [3.05, 3.63) is 23.4 Å². The first-order valence-corrected chi connectivity index (χ1v) is 3.73. The van der Waals surface area contributed by atoms with Crippen LogP contribution >= 0.6 is 0 Å². The van der Waals surface area contributed by atoms with E-state index in [1.807, 2.05) is 5.92 Å². The Hall–Kier alpha value is -2.03. The number of halogens is 3. The normalized spacial score (nSPS) is 10.3. The second-order valence-electron chi connectivity index (χ2n) is 2.54. The molecule has 0 fully saturated rings. The minimum Gasteiger partial charge on any atom is -0.383 e. The highest BCUT2D eigenvalue weighted by atomic mass is 19.4. The van der Waals surface area contributed by atoms with Crippen LogP contribution in [0.25, 0.3) is 0 Å². The number of aromatic nitrogens is 1. The topological polar surface area (TPSA) is 56.0 Å². The maximum atomic E-state index is 12.3. The van der Waals surface area contributed by atoms with E-state index in [9.17, 15) is 18.0 Å². The Bertz CT molecular complexity index is 443. The number of rotatable bonds is 0. The van der Waals surface area contributed by atoms with Crippen LogP contribution in [0.2, 0.25) is 0 Å². The van der Waals surface area contributed by atoms with Crippen LogP contribution in [-0.2, 0) is 11.0 Å². The van der Waals surface area contributed by atoms with Gasteiger partial charge in [-0.15, -0.1) is 0 Å². The molecule has 78 valence electrons. The lowest BCUT2D eigenvalue weighted by atomic mass is 10.2. The fourth-order valence-electron chi connectivity index (χ4n) is 0.884. The molecule has 0 atom stereocenters. The van der Waals surface area contributed by atoms with Gasteiger partial charge in [-0.3, -0.25) is 4.79 Å². The molecule has 1 aromatic heterocycles. The summed E-state index contributed by atoms with van der Waals surface area (Å²) in [6.07, 6.45) is -3.22. The van der Waals surface area contributed by atoms with Gasteiger partial charge < -0.3 is 5.73 Å². The Balaban J connectivity index is 3.23. The van der Waals surface area contributed by atoms with Gasteiger partial charge in [-0.1, -0.05) is 5.92 Å². The largest absolute Gasteiger partial charge is 0.419 e. The quantitative estimate of drug-likeness (QED) is 0.522. The van der Waals surface area contributed by atoms with E-state index in [1.165, 1.54) is 0 Å². The van der Waals surface area contributed by atoms with Crippen LogP contribution in [0.3, 0.4) is 0 Å². The molecule has 0 saturated heterocycles. The van der Waals surface area contributed by atoms with Gasteiger partial charge in [-0.25, -0.2) is 4.98 Å². The molecule has 2 N–H and O–H groups in total. The first-order valence-electron chi connectivity index (χ1n) is 3.73. The Morgan fingerprint density at radius 2 is 2.13 bits per heavy atom. The number of hydrogen-bond acceptors (Lipinski definition) is 3. The third-order valence-corrected chi connectivity index (χ3v) is 1.50. The molecule has 15 heavy (non-hydrogen) atoms. The maximum Gasteiger partial charge on any atom is 0.419 e. The molecule has 0 radical (unpaired) electrons. The van der Waals surface area contributed by atoms with Gasteiger partial charge in [0.05, 0.1) is 5.56 Å². The van der Waals surface area contributed by atoms with E-state index in [-0.39, 0.29) is 11.8 Å². The fourth-order valence-corrected chi connectivity index (χ4v) is 0.884. The molecule has 0 amide bonds. The van der Waals surface area contributed by atoms with Gasteiger partial charge in [0.25, 0.3) is 0 Å². The summed E-state index contributed by atoms with van der Waals surface area (Å²) in [5.41, 5.74) is 3.99. The second-order valence-corrected chi connectivity index (χ2v) is 2.54. The van der Waals surface area contributed by atoms with E-state index in [2.05, 4.69) is 10.9 Å². The van der Waals surface area contributed by atoms with Crippen molar-refractivity contribution in [3.63, 3.8) is 0 Å². The number of alkyl halides is 3. The lowest BCUT2D eigenvalue weighted by Crippen LogP contribution is -2.10. The number of pyridine rings is 1. The van der Waals surface area contributed by atoms with E-state index in [1.54, 1.807) is 0 Å².